The van der Waals surface area contributed by atoms with E-state index in [1.54, 1.807) is 31.2 Å². The summed E-state index contributed by atoms with van der Waals surface area (Å²) in [6.45, 7) is 1.30. The van der Waals surface area contributed by atoms with Crippen molar-refractivity contribution in [3.8, 4) is 5.69 Å². The Balaban J connectivity index is 1.63. The Morgan fingerprint density at radius 2 is 1.83 bits per heavy atom. The second kappa shape index (κ2) is 9.07. The van der Waals surface area contributed by atoms with Gasteiger partial charge in [-0.05, 0) is 42.8 Å². The number of amides is 1. The van der Waals surface area contributed by atoms with E-state index in [9.17, 15) is 14.0 Å². The normalized spacial score (nSPS) is 10.6. The second-order valence-electron chi connectivity index (χ2n) is 6.08. The average Bonchev–Trinajstić information content (AvgIpc) is 3.00. The highest BCUT2D eigenvalue weighted by Crippen LogP contribution is 2.24. The fourth-order valence-electron chi connectivity index (χ4n) is 2.57. The lowest BCUT2D eigenvalue weighted by molar-refractivity contribution is -0.124. The van der Waals surface area contributed by atoms with Gasteiger partial charge in [0.05, 0.1) is 11.4 Å². The van der Waals surface area contributed by atoms with Gasteiger partial charge in [0, 0.05) is 11.6 Å². The zero-order chi connectivity index (χ0) is 21.0. The lowest BCUT2D eigenvalue weighted by Crippen LogP contribution is -2.28. The van der Waals surface area contributed by atoms with Crippen molar-refractivity contribution in [1.82, 2.24) is 15.1 Å². The molecule has 0 saturated heterocycles. The average molecular weight is 436 g/mol. The van der Waals surface area contributed by atoms with Crippen molar-refractivity contribution in [2.24, 2.45) is 0 Å². The van der Waals surface area contributed by atoms with Crippen molar-refractivity contribution in [3.63, 3.8) is 0 Å². The van der Waals surface area contributed by atoms with Crippen molar-refractivity contribution in [2.45, 2.75) is 13.5 Å². The van der Waals surface area contributed by atoms with Crippen molar-refractivity contribution in [2.75, 3.05) is 6.61 Å². The van der Waals surface area contributed by atoms with Crippen molar-refractivity contribution in [1.29, 1.82) is 0 Å². The molecule has 6 nitrogen and oxygen atoms in total. The molecule has 0 spiro atoms. The van der Waals surface area contributed by atoms with Crippen LogP contribution in [0, 0.1) is 12.7 Å². The molecular weight excluding hydrogens is 420 g/mol. The quantitative estimate of drug-likeness (QED) is 0.591. The number of nitrogens with zero attached hydrogens (tertiary/aromatic N) is 2. The summed E-state index contributed by atoms with van der Waals surface area (Å²) in [5.74, 6) is -1.68. The van der Waals surface area contributed by atoms with E-state index in [0.29, 0.717) is 16.4 Å². The number of aryl methyl sites for hydroxylation is 1. The minimum absolute atomic E-state index is 0.00980. The van der Waals surface area contributed by atoms with E-state index in [1.807, 2.05) is 0 Å². The third-order valence-electron chi connectivity index (χ3n) is 4.05. The Bertz CT molecular complexity index is 1050. The lowest BCUT2D eigenvalue weighted by atomic mass is 10.2. The van der Waals surface area contributed by atoms with Crippen LogP contribution in [0.4, 0.5) is 4.39 Å². The maximum absolute atomic E-state index is 13.1. The van der Waals surface area contributed by atoms with Gasteiger partial charge in [0.2, 0.25) is 0 Å². The van der Waals surface area contributed by atoms with E-state index in [-0.39, 0.29) is 17.3 Å². The molecule has 1 aromatic heterocycles. The smallest absolute Gasteiger partial charge is 0.343 e. The molecule has 1 amide bonds. The Kier molecular flexibility index (Phi) is 6.51. The predicted molar refractivity (Wildman–Crippen MR) is 107 cm³/mol. The summed E-state index contributed by atoms with van der Waals surface area (Å²) in [5, 5.41) is 7.35. The van der Waals surface area contributed by atoms with Gasteiger partial charge >= 0.3 is 5.97 Å². The fourth-order valence-corrected chi connectivity index (χ4v) is 3.13. The summed E-state index contributed by atoms with van der Waals surface area (Å²) >= 11 is 12.3. The van der Waals surface area contributed by atoms with Crippen LogP contribution >= 0.6 is 23.2 Å². The van der Waals surface area contributed by atoms with Gasteiger partial charge in [0.15, 0.2) is 6.61 Å². The highest BCUT2D eigenvalue weighted by atomic mass is 35.5. The highest BCUT2D eigenvalue weighted by Gasteiger charge is 2.23. The van der Waals surface area contributed by atoms with Gasteiger partial charge in [-0.25, -0.2) is 13.9 Å². The van der Waals surface area contributed by atoms with Crippen LogP contribution in [0.3, 0.4) is 0 Å². The van der Waals surface area contributed by atoms with Crippen LogP contribution < -0.4 is 5.32 Å². The van der Waals surface area contributed by atoms with Crippen molar-refractivity contribution >= 4 is 35.1 Å². The molecule has 0 atom stereocenters. The molecule has 1 N–H and O–H groups in total. The first kappa shape index (κ1) is 20.8. The summed E-state index contributed by atoms with van der Waals surface area (Å²) in [6, 6.07) is 12.5. The van der Waals surface area contributed by atoms with Crippen LogP contribution in [0.15, 0.2) is 48.5 Å². The number of carbonyl (C=O) groups is 2. The lowest BCUT2D eigenvalue weighted by Gasteiger charge is -2.08. The van der Waals surface area contributed by atoms with Crippen LogP contribution in [0.5, 0.6) is 0 Å². The van der Waals surface area contributed by atoms with Gasteiger partial charge in [-0.15, -0.1) is 0 Å². The third-order valence-corrected chi connectivity index (χ3v) is 4.77. The van der Waals surface area contributed by atoms with E-state index >= 15 is 0 Å². The minimum atomic E-state index is -0.784. The molecule has 0 fully saturated rings. The Labute approximate surface area is 176 Å². The molecule has 0 unspecified atom stereocenters. The molecule has 2 aromatic carbocycles. The van der Waals surface area contributed by atoms with Crippen molar-refractivity contribution in [3.05, 3.63) is 81.3 Å². The topological polar surface area (TPSA) is 73.2 Å². The van der Waals surface area contributed by atoms with Crippen LogP contribution in [0.1, 0.15) is 21.6 Å². The van der Waals surface area contributed by atoms with E-state index < -0.39 is 24.3 Å². The molecule has 0 saturated carbocycles. The van der Waals surface area contributed by atoms with Crippen molar-refractivity contribution < 1.29 is 18.7 Å². The first-order valence-corrected chi connectivity index (χ1v) is 9.30. The van der Waals surface area contributed by atoms with E-state index in [4.69, 9.17) is 27.9 Å². The number of hydrogen-bond donors (Lipinski definition) is 1. The van der Waals surface area contributed by atoms with E-state index in [2.05, 4.69) is 10.4 Å². The minimum Gasteiger partial charge on any atom is -0.452 e. The Morgan fingerprint density at radius 1 is 1.14 bits per heavy atom. The number of carbonyl (C=O) groups excluding carboxylic acids is 2. The van der Waals surface area contributed by atoms with Gasteiger partial charge in [-0.2, -0.15) is 5.10 Å². The molecular formula is C20H16Cl2FN3O3. The number of benzene rings is 2. The SMILES string of the molecule is Cc1nn(-c2ccc(F)cc2)c(Cl)c1C(=O)OCC(=O)NCc1ccccc1Cl. The van der Waals surface area contributed by atoms with Gasteiger partial charge in [0.1, 0.15) is 16.5 Å². The standard InChI is InChI=1S/C20H16Cl2FN3O3/c1-12-18(19(22)26(25-12)15-8-6-14(23)7-9-15)20(28)29-11-17(27)24-10-13-4-2-3-5-16(13)21/h2-9H,10-11H2,1H3,(H,24,27). The zero-order valence-corrected chi connectivity index (χ0v) is 16.8. The van der Waals surface area contributed by atoms with E-state index in [1.165, 1.54) is 28.9 Å². The van der Waals surface area contributed by atoms with Crippen LogP contribution in [-0.2, 0) is 16.1 Å². The van der Waals surface area contributed by atoms with Crippen LogP contribution in [-0.4, -0.2) is 28.3 Å². The molecule has 0 radical (unpaired) electrons. The van der Waals surface area contributed by atoms with Gasteiger partial charge < -0.3 is 10.1 Å². The molecule has 0 bridgehead atoms. The Hall–Kier alpha value is -2.90. The molecule has 0 aliphatic rings. The maximum Gasteiger partial charge on any atom is 0.343 e. The number of rotatable bonds is 6. The summed E-state index contributed by atoms with van der Waals surface area (Å²) in [7, 11) is 0. The molecule has 9 heteroatoms. The van der Waals surface area contributed by atoms with Gasteiger partial charge in [-0.3, -0.25) is 4.79 Å². The molecule has 3 rings (SSSR count). The summed E-state index contributed by atoms with van der Waals surface area (Å²) in [5.41, 5.74) is 1.58. The molecule has 29 heavy (non-hydrogen) atoms. The van der Waals surface area contributed by atoms with Gasteiger partial charge in [-0.1, -0.05) is 41.4 Å². The molecule has 0 aliphatic carbocycles. The largest absolute Gasteiger partial charge is 0.452 e. The Morgan fingerprint density at radius 3 is 2.52 bits per heavy atom. The molecule has 3 aromatic rings. The number of hydrogen-bond acceptors (Lipinski definition) is 4. The molecule has 1 heterocycles. The number of ether oxygens (including phenoxy) is 1. The molecule has 0 aliphatic heterocycles. The summed E-state index contributed by atoms with van der Waals surface area (Å²) in [4.78, 5) is 24.4. The highest BCUT2D eigenvalue weighted by molar-refractivity contribution is 6.33. The summed E-state index contributed by atoms with van der Waals surface area (Å²) in [6.07, 6.45) is 0. The fraction of sp³-hybridized carbons (Fsp3) is 0.150. The predicted octanol–water partition coefficient (Wildman–Crippen LogP) is 4.10. The first-order valence-electron chi connectivity index (χ1n) is 8.55. The number of halogens is 3. The van der Waals surface area contributed by atoms with Crippen LogP contribution in [0.25, 0.3) is 5.69 Å². The monoisotopic (exact) mass is 435 g/mol. The zero-order valence-electron chi connectivity index (χ0n) is 15.3. The van der Waals surface area contributed by atoms with Gasteiger partial charge in [0.25, 0.3) is 5.91 Å². The first-order chi connectivity index (χ1) is 13.9. The van der Waals surface area contributed by atoms with Crippen LogP contribution in [0.2, 0.25) is 10.2 Å². The number of nitrogens with one attached hydrogen (secondary N) is 1. The maximum atomic E-state index is 13.1. The second-order valence-corrected chi connectivity index (χ2v) is 6.85. The molecule has 150 valence electrons. The third kappa shape index (κ3) is 4.93. The number of esters is 1. The number of aromatic nitrogens is 2. The van der Waals surface area contributed by atoms with E-state index in [0.717, 1.165) is 5.56 Å². The summed E-state index contributed by atoms with van der Waals surface area (Å²) < 4.78 is 19.5.